The Labute approximate surface area is 376 Å². The van der Waals surface area contributed by atoms with Gasteiger partial charge in [-0.15, -0.1) is 0 Å². The number of quaternary nitrogens is 2. The van der Waals surface area contributed by atoms with E-state index in [2.05, 4.69) is 38.3 Å². The SMILES string of the molecule is CCCCCCCCCCCCC[NH2+]CCCCCCCCCCCCC.CCCCCCCCCCCCC[NH2+]CCCCCCCCCCCCC.[O]=[W](=[O])([O-])[O-]. The first kappa shape index (κ1) is 63.4. The van der Waals surface area contributed by atoms with Crippen LogP contribution in [-0.2, 0) is 23.5 Å². The fourth-order valence-electron chi connectivity index (χ4n) is 8.10. The summed E-state index contributed by atoms with van der Waals surface area (Å²) in [5.41, 5.74) is 0. The molecular formula is C52H112N2O4W. The second kappa shape index (κ2) is 60.2. The maximum atomic E-state index is 8.65. The van der Waals surface area contributed by atoms with Crippen LogP contribution in [-0.4, -0.2) is 26.2 Å². The zero-order valence-corrected chi connectivity index (χ0v) is 44.1. The van der Waals surface area contributed by atoms with Crippen LogP contribution in [0.5, 0.6) is 0 Å². The van der Waals surface area contributed by atoms with E-state index in [9.17, 15) is 0 Å². The van der Waals surface area contributed by atoms with Gasteiger partial charge in [0.15, 0.2) is 0 Å². The van der Waals surface area contributed by atoms with Crippen LogP contribution in [0.3, 0.4) is 0 Å². The Hall–Kier alpha value is 0.128. The predicted octanol–water partition coefficient (Wildman–Crippen LogP) is 13.7. The first-order valence-corrected chi connectivity index (χ1v) is 31.9. The monoisotopic (exact) mass is 1010 g/mol. The molecule has 0 aromatic heterocycles. The molecule has 0 amide bonds. The Morgan fingerprint density at radius 1 is 0.237 bits per heavy atom. The second-order valence-electron chi connectivity index (χ2n) is 18.3. The van der Waals surface area contributed by atoms with Gasteiger partial charge in [0.1, 0.15) is 0 Å². The third-order valence-corrected chi connectivity index (χ3v) is 12.0. The van der Waals surface area contributed by atoms with E-state index < -0.39 is 16.7 Å². The molecule has 0 atom stereocenters. The first-order valence-electron chi connectivity index (χ1n) is 27.1. The van der Waals surface area contributed by atoms with E-state index in [0.717, 1.165) is 0 Å². The third-order valence-electron chi connectivity index (χ3n) is 12.0. The predicted molar refractivity (Wildman–Crippen MR) is 251 cm³/mol. The molecule has 0 fully saturated rings. The molecule has 0 bridgehead atoms. The molecule has 0 unspecified atom stereocenters. The van der Waals surface area contributed by atoms with Gasteiger partial charge in [0.2, 0.25) is 0 Å². The van der Waals surface area contributed by atoms with Gasteiger partial charge in [0.05, 0.1) is 26.2 Å². The molecule has 0 spiro atoms. The molecule has 360 valence electrons. The fourth-order valence-corrected chi connectivity index (χ4v) is 8.10. The molecule has 0 rings (SSSR count). The standard InChI is InChI=1S/2C26H55N.4O.W/c2*1-3-5-7-9-11-13-15-17-19-21-23-25-27-26-24-22-20-18-16-14-12-10-8-6-4-2;;;;;/h2*27H,3-26H2,1-2H3;;;;;/q;;;;2*-1;/p+2. The quantitative estimate of drug-likeness (QED) is 0.0591. The summed E-state index contributed by atoms with van der Waals surface area (Å²) in [5.74, 6) is 0. The molecule has 0 aliphatic heterocycles. The summed E-state index contributed by atoms with van der Waals surface area (Å²) >= 11 is -6.17. The van der Waals surface area contributed by atoms with E-state index >= 15 is 0 Å². The summed E-state index contributed by atoms with van der Waals surface area (Å²) < 4.78 is 34.6. The van der Waals surface area contributed by atoms with Gasteiger partial charge < -0.3 is 10.6 Å². The maximum absolute atomic E-state index is 8.65. The summed E-state index contributed by atoms with van der Waals surface area (Å²) in [7, 11) is 0. The van der Waals surface area contributed by atoms with Gasteiger partial charge in [-0.3, -0.25) is 0 Å². The summed E-state index contributed by atoms with van der Waals surface area (Å²) in [6, 6.07) is 0. The van der Waals surface area contributed by atoms with Crippen molar-refractivity contribution in [2.75, 3.05) is 26.2 Å². The van der Waals surface area contributed by atoms with E-state index in [0.29, 0.717) is 0 Å². The molecule has 6 nitrogen and oxygen atoms in total. The van der Waals surface area contributed by atoms with Crippen LogP contribution >= 0.6 is 0 Å². The van der Waals surface area contributed by atoms with Crippen molar-refractivity contribution < 1.29 is 41.7 Å². The van der Waals surface area contributed by atoms with E-state index in [4.69, 9.17) is 14.3 Å². The second-order valence-corrected chi connectivity index (χ2v) is 21.2. The average Bonchev–Trinajstić information content (AvgIpc) is 3.21. The van der Waals surface area contributed by atoms with E-state index in [-0.39, 0.29) is 0 Å². The van der Waals surface area contributed by atoms with Gasteiger partial charge in [-0.25, -0.2) is 0 Å². The van der Waals surface area contributed by atoms with Gasteiger partial charge in [-0.05, 0) is 51.4 Å². The molecule has 0 aliphatic carbocycles. The molecule has 0 aliphatic rings. The molecule has 0 saturated carbocycles. The van der Waals surface area contributed by atoms with Crippen LogP contribution in [0.2, 0.25) is 0 Å². The Kier molecular flexibility index (Phi) is 64.7. The summed E-state index contributed by atoms with van der Waals surface area (Å²) in [6.45, 7) is 14.7. The first-order chi connectivity index (χ1) is 28.8. The van der Waals surface area contributed by atoms with Crippen molar-refractivity contribution in [1.29, 1.82) is 0 Å². The zero-order chi connectivity index (χ0) is 43.9. The van der Waals surface area contributed by atoms with Crippen molar-refractivity contribution in [3.63, 3.8) is 0 Å². The Morgan fingerprint density at radius 2 is 0.339 bits per heavy atom. The van der Waals surface area contributed by atoms with Crippen molar-refractivity contribution in [2.24, 2.45) is 0 Å². The van der Waals surface area contributed by atoms with Crippen molar-refractivity contribution in [1.82, 2.24) is 0 Å². The van der Waals surface area contributed by atoms with Crippen LogP contribution < -0.4 is 18.2 Å². The number of unbranched alkanes of at least 4 members (excludes halogenated alkanes) is 40. The molecule has 0 heterocycles. The van der Waals surface area contributed by atoms with Gasteiger partial charge in [-0.2, -0.15) is 0 Å². The van der Waals surface area contributed by atoms with E-state index in [1.807, 2.05) is 0 Å². The van der Waals surface area contributed by atoms with Gasteiger partial charge in [0.25, 0.3) is 0 Å². The minimum absolute atomic E-state index is 1.37. The summed E-state index contributed by atoms with van der Waals surface area (Å²) in [5, 5.41) is 5.14. The van der Waals surface area contributed by atoms with Crippen LogP contribution in [0.1, 0.15) is 310 Å². The number of nitrogens with two attached hydrogens (primary N) is 2. The van der Waals surface area contributed by atoms with Gasteiger partial charge in [-0.1, -0.05) is 259 Å². The zero-order valence-electron chi connectivity index (χ0n) is 41.1. The van der Waals surface area contributed by atoms with Crippen LogP contribution in [0.15, 0.2) is 0 Å². The molecular weight excluding hydrogens is 900 g/mol. The van der Waals surface area contributed by atoms with Crippen LogP contribution in [0.4, 0.5) is 0 Å². The van der Waals surface area contributed by atoms with Crippen molar-refractivity contribution in [3.8, 4) is 0 Å². The van der Waals surface area contributed by atoms with Gasteiger partial charge in [0, 0.05) is 0 Å². The molecule has 0 aromatic rings. The normalized spacial score (nSPS) is 11.4. The Morgan fingerprint density at radius 3 is 0.458 bits per heavy atom. The summed E-state index contributed by atoms with van der Waals surface area (Å²) in [6.07, 6.45) is 64.2. The third kappa shape index (κ3) is 79.1. The Balaban J connectivity index is -0.000000951. The van der Waals surface area contributed by atoms with Crippen molar-refractivity contribution >= 4 is 0 Å². The van der Waals surface area contributed by atoms with Crippen LogP contribution in [0.25, 0.3) is 0 Å². The molecule has 0 saturated heterocycles. The molecule has 0 radical (unpaired) electrons. The fraction of sp³-hybridized carbons (Fsp3) is 1.00. The minimum atomic E-state index is -6.17. The summed E-state index contributed by atoms with van der Waals surface area (Å²) in [4.78, 5) is 0. The molecule has 59 heavy (non-hydrogen) atoms. The molecule has 7 heteroatoms. The molecule has 0 aromatic carbocycles. The van der Waals surface area contributed by atoms with Crippen molar-refractivity contribution in [2.45, 2.75) is 310 Å². The van der Waals surface area contributed by atoms with E-state index in [1.54, 1.807) is 0 Å². The van der Waals surface area contributed by atoms with E-state index in [1.165, 1.54) is 309 Å². The average molecular weight is 1010 g/mol. The van der Waals surface area contributed by atoms with Crippen LogP contribution in [0, 0.1) is 0 Å². The molecule has 4 N–H and O–H groups in total. The Bertz CT molecular complexity index is 692. The topological polar surface area (TPSA) is 113 Å². The number of rotatable bonds is 48. The van der Waals surface area contributed by atoms with Crippen molar-refractivity contribution in [3.05, 3.63) is 0 Å². The number of hydrogen-bond acceptors (Lipinski definition) is 4. The number of hydrogen-bond donors (Lipinski definition) is 2. The van der Waals surface area contributed by atoms with Gasteiger partial charge >= 0.3 is 31.1 Å².